The number of thiophene rings is 1. The Hall–Kier alpha value is -2.54. The molecule has 1 N–H and O–H groups in total. The Kier molecular flexibility index (Phi) is 7.82. The van der Waals surface area contributed by atoms with Crippen molar-refractivity contribution in [2.45, 2.75) is 59.0 Å². The molecular weight excluding hydrogens is 422 g/mol. The zero-order valence-corrected chi connectivity index (χ0v) is 20.6. The Labute approximate surface area is 195 Å². The largest absolute Gasteiger partial charge is 0.491 e. The van der Waals surface area contributed by atoms with Gasteiger partial charge in [-0.25, -0.2) is 4.79 Å². The first-order valence-electron chi connectivity index (χ1n) is 11.3. The normalized spacial score (nSPS) is 15.8. The summed E-state index contributed by atoms with van der Waals surface area (Å²) >= 11 is 1.73. The van der Waals surface area contributed by atoms with Gasteiger partial charge in [-0.15, -0.1) is 11.3 Å². The van der Waals surface area contributed by atoms with Gasteiger partial charge in [-0.2, -0.15) is 0 Å². The average Bonchev–Trinajstić information content (AvgIpc) is 3.23. The first-order valence-corrected chi connectivity index (χ1v) is 12.2. The molecule has 0 saturated heterocycles. The minimum absolute atomic E-state index is 0.0411. The maximum atomic E-state index is 13.5. The summed E-state index contributed by atoms with van der Waals surface area (Å²) in [5.41, 5.74) is 1.75. The van der Waals surface area contributed by atoms with Gasteiger partial charge in [0.05, 0.1) is 6.04 Å². The Balaban J connectivity index is 1.79. The zero-order chi connectivity index (χ0) is 23.3. The minimum Gasteiger partial charge on any atom is -0.491 e. The first-order chi connectivity index (χ1) is 15.2. The molecule has 0 aliphatic carbocycles. The molecule has 32 heavy (non-hydrogen) atoms. The van der Waals surface area contributed by atoms with Crippen LogP contribution < -0.4 is 10.1 Å². The highest BCUT2D eigenvalue weighted by Gasteiger charge is 2.36. The molecule has 3 rings (SSSR count). The highest BCUT2D eigenvalue weighted by Crippen LogP contribution is 2.34. The van der Waals surface area contributed by atoms with Gasteiger partial charge in [-0.1, -0.05) is 25.1 Å². The van der Waals surface area contributed by atoms with Crippen molar-refractivity contribution in [2.24, 2.45) is 0 Å². The summed E-state index contributed by atoms with van der Waals surface area (Å²) in [5.74, 6) is 0.777. The average molecular weight is 458 g/mol. The van der Waals surface area contributed by atoms with Crippen molar-refractivity contribution >= 4 is 23.3 Å². The molecule has 6 nitrogen and oxygen atoms in total. The number of benzene rings is 1. The van der Waals surface area contributed by atoms with Crippen LogP contribution in [0.15, 0.2) is 35.7 Å². The quantitative estimate of drug-likeness (QED) is 0.651. The molecule has 1 atom stereocenters. The number of nitrogens with one attached hydrogen (secondary N) is 1. The van der Waals surface area contributed by atoms with Gasteiger partial charge in [0.25, 0.3) is 0 Å². The van der Waals surface area contributed by atoms with E-state index in [0.717, 1.165) is 29.7 Å². The number of rotatable bonds is 7. The molecule has 0 spiro atoms. The number of hydrogen-bond donors (Lipinski definition) is 1. The summed E-state index contributed by atoms with van der Waals surface area (Å²) in [5, 5.41) is 5.00. The molecule has 0 saturated carbocycles. The van der Waals surface area contributed by atoms with Gasteiger partial charge in [0, 0.05) is 23.5 Å². The third-order valence-corrected chi connectivity index (χ3v) is 6.78. The molecular formula is C25H35N3O3S. The van der Waals surface area contributed by atoms with Crippen molar-refractivity contribution in [1.82, 2.24) is 15.1 Å². The molecule has 1 aliphatic rings. The standard InChI is InChI=1S/C25H35N3O3S/c1-6-13-26-24(30)28(25(3,4)5)16-23(29)27-14-11-22-19(12-15-32-22)20(27)17-31-21-10-8-7-9-18(21)2/h7-10,12,15,20H,6,11,13-14,16-17H2,1-5H3,(H,26,30). The van der Waals surface area contributed by atoms with Crippen LogP contribution in [0.2, 0.25) is 0 Å². The van der Waals surface area contributed by atoms with Gasteiger partial charge < -0.3 is 19.9 Å². The molecule has 3 amide bonds. The molecule has 2 aromatic rings. The van der Waals surface area contributed by atoms with Gasteiger partial charge in [0.1, 0.15) is 18.9 Å². The molecule has 0 radical (unpaired) electrons. The van der Waals surface area contributed by atoms with Gasteiger partial charge in [0.2, 0.25) is 5.91 Å². The van der Waals surface area contributed by atoms with E-state index >= 15 is 0 Å². The third kappa shape index (κ3) is 5.63. The highest BCUT2D eigenvalue weighted by molar-refractivity contribution is 7.10. The number of nitrogens with zero attached hydrogens (tertiary/aromatic N) is 2. The van der Waals surface area contributed by atoms with Gasteiger partial charge in [0.15, 0.2) is 0 Å². The van der Waals surface area contributed by atoms with Crippen molar-refractivity contribution in [3.05, 3.63) is 51.7 Å². The molecule has 1 aromatic carbocycles. The van der Waals surface area contributed by atoms with Crippen LogP contribution in [0.25, 0.3) is 0 Å². The number of carbonyl (C=O) groups excluding carboxylic acids is 2. The smallest absolute Gasteiger partial charge is 0.318 e. The number of amides is 3. The third-order valence-electron chi connectivity index (χ3n) is 5.78. The fourth-order valence-corrected chi connectivity index (χ4v) is 4.86. The monoisotopic (exact) mass is 457 g/mol. The van der Waals surface area contributed by atoms with Crippen molar-refractivity contribution in [3.63, 3.8) is 0 Å². The lowest BCUT2D eigenvalue weighted by molar-refractivity contribution is -0.136. The first kappa shape index (κ1) is 24.1. The lowest BCUT2D eigenvalue weighted by Crippen LogP contribution is -2.55. The minimum atomic E-state index is -0.468. The van der Waals surface area contributed by atoms with Crippen LogP contribution in [0, 0.1) is 6.92 Å². The number of ether oxygens (including phenoxy) is 1. The molecule has 0 fully saturated rings. The molecule has 7 heteroatoms. The molecule has 0 bridgehead atoms. The number of aryl methyl sites for hydroxylation is 1. The Morgan fingerprint density at radius 2 is 2.00 bits per heavy atom. The Morgan fingerprint density at radius 1 is 1.25 bits per heavy atom. The number of fused-ring (bicyclic) bond motifs is 1. The number of urea groups is 1. The van der Waals surface area contributed by atoms with E-state index in [0.29, 0.717) is 19.7 Å². The molecule has 174 valence electrons. The topological polar surface area (TPSA) is 61.9 Å². The second-order valence-electron chi connectivity index (χ2n) is 9.22. The lowest BCUT2D eigenvalue weighted by Gasteiger charge is -2.40. The van der Waals surface area contributed by atoms with Crippen molar-refractivity contribution in [1.29, 1.82) is 0 Å². The fourth-order valence-electron chi connectivity index (χ4n) is 3.93. The van der Waals surface area contributed by atoms with E-state index in [9.17, 15) is 9.59 Å². The van der Waals surface area contributed by atoms with E-state index in [-0.39, 0.29) is 24.5 Å². The van der Waals surface area contributed by atoms with E-state index in [1.165, 1.54) is 4.88 Å². The van der Waals surface area contributed by atoms with Crippen molar-refractivity contribution < 1.29 is 14.3 Å². The maximum absolute atomic E-state index is 13.5. The highest BCUT2D eigenvalue weighted by atomic mass is 32.1. The zero-order valence-electron chi connectivity index (χ0n) is 19.8. The van der Waals surface area contributed by atoms with Gasteiger partial charge in [-0.05, 0) is 69.2 Å². The van der Waals surface area contributed by atoms with Crippen LogP contribution in [-0.4, -0.2) is 53.5 Å². The van der Waals surface area contributed by atoms with Gasteiger partial charge in [-0.3, -0.25) is 4.79 Å². The number of para-hydroxylation sites is 1. The Morgan fingerprint density at radius 3 is 2.69 bits per heavy atom. The van der Waals surface area contributed by atoms with Gasteiger partial charge >= 0.3 is 6.03 Å². The number of hydrogen-bond acceptors (Lipinski definition) is 4. The summed E-state index contributed by atoms with van der Waals surface area (Å²) in [6.45, 7) is 11.5. The van der Waals surface area contributed by atoms with Crippen LogP contribution in [0.1, 0.15) is 56.2 Å². The van der Waals surface area contributed by atoms with E-state index in [1.807, 2.05) is 63.8 Å². The molecule has 1 unspecified atom stereocenters. The second-order valence-corrected chi connectivity index (χ2v) is 10.2. The molecule has 1 aliphatic heterocycles. The number of carbonyl (C=O) groups is 2. The van der Waals surface area contributed by atoms with Crippen molar-refractivity contribution in [2.75, 3.05) is 26.2 Å². The summed E-state index contributed by atoms with van der Waals surface area (Å²) < 4.78 is 6.17. The second kappa shape index (κ2) is 10.4. The van der Waals surface area contributed by atoms with E-state index in [1.54, 1.807) is 16.2 Å². The summed E-state index contributed by atoms with van der Waals surface area (Å²) in [6.07, 6.45) is 1.68. The predicted molar refractivity (Wildman–Crippen MR) is 129 cm³/mol. The van der Waals surface area contributed by atoms with Crippen LogP contribution in [0.4, 0.5) is 4.79 Å². The van der Waals surface area contributed by atoms with Crippen LogP contribution in [0.3, 0.4) is 0 Å². The summed E-state index contributed by atoms with van der Waals surface area (Å²) in [6, 6.07) is 9.65. The Bertz CT molecular complexity index is 935. The van der Waals surface area contributed by atoms with Crippen molar-refractivity contribution in [3.8, 4) is 5.75 Å². The van der Waals surface area contributed by atoms with Crippen LogP contribution in [-0.2, 0) is 11.2 Å². The molecule has 2 heterocycles. The maximum Gasteiger partial charge on any atom is 0.318 e. The summed E-state index contributed by atoms with van der Waals surface area (Å²) in [7, 11) is 0. The van der Waals surface area contributed by atoms with E-state index in [2.05, 4.69) is 16.8 Å². The fraction of sp³-hybridized carbons (Fsp3) is 0.520. The SMILES string of the molecule is CCCNC(=O)N(CC(=O)N1CCc2sccc2C1COc1ccccc1C)C(C)(C)C. The van der Waals surface area contributed by atoms with Crippen LogP contribution >= 0.6 is 11.3 Å². The van der Waals surface area contributed by atoms with E-state index in [4.69, 9.17) is 4.74 Å². The predicted octanol–water partition coefficient (Wildman–Crippen LogP) is 4.78. The molecule has 1 aromatic heterocycles. The van der Waals surface area contributed by atoms with E-state index < -0.39 is 5.54 Å². The van der Waals surface area contributed by atoms with Crippen LogP contribution in [0.5, 0.6) is 5.75 Å². The lowest BCUT2D eigenvalue weighted by atomic mass is 10.00. The summed E-state index contributed by atoms with van der Waals surface area (Å²) in [4.78, 5) is 31.1.